The lowest BCUT2D eigenvalue weighted by Gasteiger charge is -2.16. The lowest BCUT2D eigenvalue weighted by molar-refractivity contribution is 0.249. The third-order valence-corrected chi connectivity index (χ3v) is 4.45. The SMILES string of the molecule is CCCCC(CC)CNC(=O)Nc1cc(/N=C(OC)/C(N)=N\C)ccc1C. The molecule has 7 heteroatoms. The fourth-order valence-corrected chi connectivity index (χ4v) is 2.58. The summed E-state index contributed by atoms with van der Waals surface area (Å²) in [7, 11) is 3.06. The summed E-state index contributed by atoms with van der Waals surface area (Å²) in [5.41, 5.74) is 8.01. The maximum Gasteiger partial charge on any atom is 0.319 e. The molecule has 0 radical (unpaired) electrons. The Balaban J connectivity index is 2.80. The highest BCUT2D eigenvalue weighted by molar-refractivity contribution is 6.37. The lowest BCUT2D eigenvalue weighted by Crippen LogP contribution is -2.33. The zero-order valence-corrected chi connectivity index (χ0v) is 17.1. The molecule has 0 saturated carbocycles. The van der Waals surface area contributed by atoms with Crippen LogP contribution >= 0.6 is 0 Å². The zero-order chi connectivity index (χ0) is 20.2. The Labute approximate surface area is 162 Å². The molecule has 0 heterocycles. The van der Waals surface area contributed by atoms with E-state index in [-0.39, 0.29) is 17.8 Å². The number of aryl methyl sites for hydroxylation is 1. The van der Waals surface area contributed by atoms with Crippen molar-refractivity contribution in [3.05, 3.63) is 23.8 Å². The smallest absolute Gasteiger partial charge is 0.319 e. The predicted molar refractivity (Wildman–Crippen MR) is 113 cm³/mol. The van der Waals surface area contributed by atoms with Gasteiger partial charge in [-0.05, 0) is 37.0 Å². The van der Waals surface area contributed by atoms with Crippen LogP contribution in [0.1, 0.15) is 45.1 Å². The molecule has 1 aromatic rings. The summed E-state index contributed by atoms with van der Waals surface area (Å²) in [6, 6.07) is 5.29. The molecule has 0 aliphatic carbocycles. The summed E-state index contributed by atoms with van der Waals surface area (Å²) in [5, 5.41) is 5.87. The van der Waals surface area contributed by atoms with Crippen molar-refractivity contribution in [3.63, 3.8) is 0 Å². The number of benzene rings is 1. The van der Waals surface area contributed by atoms with Crippen LogP contribution in [0.3, 0.4) is 0 Å². The van der Waals surface area contributed by atoms with Gasteiger partial charge in [-0.3, -0.25) is 4.99 Å². The number of amides is 2. The van der Waals surface area contributed by atoms with E-state index in [0.717, 1.165) is 18.4 Å². The zero-order valence-electron chi connectivity index (χ0n) is 17.1. The fourth-order valence-electron chi connectivity index (χ4n) is 2.58. The van der Waals surface area contributed by atoms with Crippen LogP contribution in [0.15, 0.2) is 28.2 Å². The number of anilines is 1. The average Bonchev–Trinajstić information content (AvgIpc) is 2.68. The molecule has 1 aromatic carbocycles. The average molecular weight is 376 g/mol. The second-order valence-corrected chi connectivity index (χ2v) is 6.48. The molecule has 0 saturated heterocycles. The van der Waals surface area contributed by atoms with Gasteiger partial charge in [0.1, 0.15) is 0 Å². The molecule has 7 nitrogen and oxygen atoms in total. The Kier molecular flexibility index (Phi) is 9.93. The number of carbonyl (C=O) groups is 1. The van der Waals surface area contributed by atoms with Crippen LogP contribution in [0.25, 0.3) is 0 Å². The molecule has 1 atom stereocenters. The monoisotopic (exact) mass is 375 g/mol. The molecule has 4 N–H and O–H groups in total. The van der Waals surface area contributed by atoms with Gasteiger partial charge in [0.25, 0.3) is 5.90 Å². The van der Waals surface area contributed by atoms with Crippen LogP contribution in [0, 0.1) is 12.8 Å². The third-order valence-electron chi connectivity index (χ3n) is 4.45. The largest absolute Gasteiger partial charge is 0.478 e. The van der Waals surface area contributed by atoms with Crippen LogP contribution in [0.5, 0.6) is 0 Å². The van der Waals surface area contributed by atoms with E-state index in [4.69, 9.17) is 10.5 Å². The lowest BCUT2D eigenvalue weighted by atomic mass is 9.99. The molecule has 0 spiro atoms. The number of nitrogens with two attached hydrogens (primary N) is 1. The molecule has 0 aliphatic heterocycles. The van der Waals surface area contributed by atoms with Gasteiger partial charge in [-0.1, -0.05) is 39.2 Å². The van der Waals surface area contributed by atoms with Gasteiger partial charge < -0.3 is 21.1 Å². The summed E-state index contributed by atoms with van der Waals surface area (Å²) in [4.78, 5) is 20.5. The number of urea groups is 1. The topological polar surface area (TPSA) is 101 Å². The number of nitrogens with zero attached hydrogens (tertiary/aromatic N) is 2. The number of methoxy groups -OCH3 is 1. The van der Waals surface area contributed by atoms with E-state index < -0.39 is 0 Å². The maximum absolute atomic E-state index is 12.3. The first kappa shape index (κ1) is 22.5. The molecular weight excluding hydrogens is 342 g/mol. The Morgan fingerprint density at radius 2 is 2.07 bits per heavy atom. The molecule has 0 fully saturated rings. The molecule has 1 rings (SSSR count). The Hall–Kier alpha value is -2.57. The second-order valence-electron chi connectivity index (χ2n) is 6.48. The number of aliphatic imine (C=N–C) groups is 2. The van der Waals surface area contributed by atoms with Gasteiger partial charge in [0.15, 0.2) is 5.84 Å². The number of unbranched alkanes of at least 4 members (excludes halogenated alkanes) is 1. The Morgan fingerprint density at radius 3 is 2.67 bits per heavy atom. The van der Waals surface area contributed by atoms with E-state index in [0.29, 0.717) is 23.8 Å². The van der Waals surface area contributed by atoms with Crippen LogP contribution in [-0.2, 0) is 4.74 Å². The molecule has 1 unspecified atom stereocenters. The molecule has 0 bridgehead atoms. The van der Waals surface area contributed by atoms with Gasteiger partial charge in [-0.2, -0.15) is 0 Å². The van der Waals surface area contributed by atoms with E-state index in [9.17, 15) is 4.79 Å². The van der Waals surface area contributed by atoms with Crippen molar-refractivity contribution < 1.29 is 9.53 Å². The predicted octanol–water partition coefficient (Wildman–Crippen LogP) is 4.00. The van der Waals surface area contributed by atoms with Crippen molar-refractivity contribution in [2.45, 2.75) is 46.5 Å². The van der Waals surface area contributed by atoms with Crippen LogP contribution in [0.4, 0.5) is 16.2 Å². The summed E-state index contributed by atoms with van der Waals surface area (Å²) in [6.45, 7) is 6.94. The number of hydrogen-bond donors (Lipinski definition) is 3. The van der Waals surface area contributed by atoms with E-state index >= 15 is 0 Å². The van der Waals surface area contributed by atoms with Gasteiger partial charge in [0.05, 0.1) is 12.8 Å². The van der Waals surface area contributed by atoms with Crippen LogP contribution in [0.2, 0.25) is 0 Å². The highest BCUT2D eigenvalue weighted by atomic mass is 16.5. The Morgan fingerprint density at radius 1 is 1.33 bits per heavy atom. The van der Waals surface area contributed by atoms with Gasteiger partial charge >= 0.3 is 6.03 Å². The summed E-state index contributed by atoms with van der Waals surface area (Å²) in [6.07, 6.45) is 4.55. The van der Waals surface area contributed by atoms with E-state index in [1.54, 1.807) is 13.1 Å². The first-order valence-electron chi connectivity index (χ1n) is 9.45. The quantitative estimate of drug-likeness (QED) is 0.473. The number of rotatable bonds is 8. The van der Waals surface area contributed by atoms with Crippen molar-refractivity contribution in [1.29, 1.82) is 0 Å². The fraction of sp³-hybridized carbons (Fsp3) is 0.550. The second kappa shape index (κ2) is 11.9. The number of ether oxygens (including phenoxy) is 1. The number of carbonyl (C=O) groups excluding carboxylic acids is 1. The highest BCUT2D eigenvalue weighted by Gasteiger charge is 2.10. The molecule has 0 aliphatic rings. The van der Waals surface area contributed by atoms with E-state index in [1.807, 2.05) is 19.1 Å². The van der Waals surface area contributed by atoms with Gasteiger partial charge in [0.2, 0.25) is 0 Å². The molecule has 27 heavy (non-hydrogen) atoms. The molecule has 0 aromatic heterocycles. The number of amidine groups is 1. The van der Waals surface area contributed by atoms with Gasteiger partial charge in [0, 0.05) is 19.3 Å². The number of nitrogens with one attached hydrogen (secondary N) is 2. The highest BCUT2D eigenvalue weighted by Crippen LogP contribution is 2.23. The molecular formula is C20H33N5O2. The minimum absolute atomic E-state index is 0.211. The van der Waals surface area contributed by atoms with Crippen molar-refractivity contribution >= 4 is 29.1 Å². The van der Waals surface area contributed by atoms with Crippen molar-refractivity contribution in [2.75, 3.05) is 26.0 Å². The Bertz CT molecular complexity index is 670. The normalized spacial score (nSPS) is 13.2. The molecule has 2 amide bonds. The van der Waals surface area contributed by atoms with E-state index in [2.05, 4.69) is 34.5 Å². The first-order valence-corrected chi connectivity index (χ1v) is 9.45. The summed E-state index contributed by atoms with van der Waals surface area (Å²) >= 11 is 0. The van der Waals surface area contributed by atoms with Gasteiger partial charge in [-0.15, -0.1) is 0 Å². The first-order chi connectivity index (χ1) is 12.9. The van der Waals surface area contributed by atoms with E-state index in [1.165, 1.54) is 20.0 Å². The van der Waals surface area contributed by atoms with Crippen molar-refractivity contribution in [1.82, 2.24) is 5.32 Å². The standard InChI is InChI=1S/C20H33N5O2/c1-6-8-9-15(7-2)13-23-20(26)25-17-12-16(11-10-14(17)3)24-19(27-5)18(21)22-4/h10-12,15H,6-9,13H2,1-5H3,(H2,21,22)(H2,23,25,26)/b24-19-. The van der Waals surface area contributed by atoms with Crippen LogP contribution in [-0.4, -0.2) is 38.5 Å². The molecule has 150 valence electrons. The summed E-state index contributed by atoms with van der Waals surface area (Å²) in [5.74, 6) is 0.953. The number of hydrogen-bond acceptors (Lipinski definition) is 4. The summed E-state index contributed by atoms with van der Waals surface area (Å²) < 4.78 is 5.16. The van der Waals surface area contributed by atoms with Crippen molar-refractivity contribution in [2.24, 2.45) is 21.6 Å². The third kappa shape index (κ3) is 7.68. The van der Waals surface area contributed by atoms with Crippen molar-refractivity contribution in [3.8, 4) is 0 Å². The maximum atomic E-state index is 12.3. The van der Waals surface area contributed by atoms with Crippen LogP contribution < -0.4 is 16.4 Å². The minimum Gasteiger partial charge on any atom is -0.478 e. The van der Waals surface area contributed by atoms with Gasteiger partial charge in [-0.25, -0.2) is 9.79 Å². The minimum atomic E-state index is -0.212.